The lowest BCUT2D eigenvalue weighted by Crippen LogP contribution is -2.07. The molecule has 1 aromatic heterocycles. The normalized spacial score (nSPS) is 10.8. The summed E-state index contributed by atoms with van der Waals surface area (Å²) in [6.45, 7) is 5.04. The maximum absolute atomic E-state index is 6.04. The van der Waals surface area contributed by atoms with Crippen LogP contribution in [-0.4, -0.2) is 12.0 Å². The number of aromatic nitrogens is 1. The van der Waals surface area contributed by atoms with Crippen molar-refractivity contribution >= 4 is 15.9 Å². The van der Waals surface area contributed by atoms with E-state index in [-0.39, 0.29) is 0 Å². The summed E-state index contributed by atoms with van der Waals surface area (Å²) in [5.41, 5.74) is 2.22. The molecular weight excluding hydrogens is 316 g/mol. The second kappa shape index (κ2) is 6.86. The molecule has 0 atom stereocenters. The molecule has 0 radical (unpaired) electrons. The van der Waals surface area contributed by atoms with Crippen molar-refractivity contribution in [3.05, 3.63) is 52.1 Å². The Bertz CT molecular complexity index is 584. The van der Waals surface area contributed by atoms with E-state index < -0.39 is 0 Å². The van der Waals surface area contributed by atoms with Gasteiger partial charge >= 0.3 is 0 Å². The fraction of sp³-hybridized carbons (Fsp3) is 0.312. The molecule has 0 fully saturated rings. The molecule has 4 heteroatoms. The number of rotatable bonds is 5. The van der Waals surface area contributed by atoms with Gasteiger partial charge in [0.1, 0.15) is 5.75 Å². The predicted molar refractivity (Wildman–Crippen MR) is 85.3 cm³/mol. The van der Waals surface area contributed by atoms with Crippen LogP contribution in [0, 0.1) is 0 Å². The van der Waals surface area contributed by atoms with Crippen LogP contribution >= 0.6 is 15.9 Å². The zero-order valence-corrected chi connectivity index (χ0v) is 13.6. The van der Waals surface area contributed by atoms with Gasteiger partial charge in [-0.3, -0.25) is 0 Å². The standard InChI is InChI=1S/C16H19BrN2O/c1-11(2)14-9-13(17)6-7-15(14)20-16-12(10-18-3)5-4-8-19-16/h4-9,11,18H,10H2,1-3H3. The summed E-state index contributed by atoms with van der Waals surface area (Å²) in [7, 11) is 1.91. The highest BCUT2D eigenvalue weighted by molar-refractivity contribution is 9.10. The maximum Gasteiger partial charge on any atom is 0.223 e. The fourth-order valence-electron chi connectivity index (χ4n) is 2.01. The van der Waals surface area contributed by atoms with Gasteiger partial charge < -0.3 is 10.1 Å². The van der Waals surface area contributed by atoms with Crippen molar-refractivity contribution in [2.24, 2.45) is 0 Å². The molecule has 0 aliphatic rings. The number of halogens is 1. The number of nitrogens with zero attached hydrogens (tertiary/aromatic N) is 1. The second-order valence-corrected chi connectivity index (χ2v) is 5.85. The van der Waals surface area contributed by atoms with Crippen LogP contribution in [0.1, 0.15) is 30.9 Å². The third-order valence-electron chi connectivity index (χ3n) is 3.02. The van der Waals surface area contributed by atoms with Crippen LogP contribution in [0.15, 0.2) is 41.0 Å². The first-order valence-electron chi connectivity index (χ1n) is 6.67. The van der Waals surface area contributed by atoms with Crippen molar-refractivity contribution < 1.29 is 4.74 Å². The molecule has 0 bridgehead atoms. The van der Waals surface area contributed by atoms with Gasteiger partial charge in [-0.1, -0.05) is 35.8 Å². The van der Waals surface area contributed by atoms with Gasteiger partial charge in [0.2, 0.25) is 5.88 Å². The molecule has 3 nitrogen and oxygen atoms in total. The lowest BCUT2D eigenvalue weighted by atomic mass is 10.0. The molecule has 1 N–H and O–H groups in total. The summed E-state index contributed by atoms with van der Waals surface area (Å²) >= 11 is 3.51. The average molecular weight is 335 g/mol. The molecule has 0 aliphatic carbocycles. The Morgan fingerprint density at radius 1 is 1.30 bits per heavy atom. The molecule has 20 heavy (non-hydrogen) atoms. The molecule has 0 spiro atoms. The quantitative estimate of drug-likeness (QED) is 0.875. The van der Waals surface area contributed by atoms with Gasteiger partial charge in [-0.05, 0) is 42.8 Å². The van der Waals surface area contributed by atoms with Gasteiger partial charge in [0.05, 0.1) is 0 Å². The van der Waals surface area contributed by atoms with E-state index in [0.29, 0.717) is 11.8 Å². The van der Waals surface area contributed by atoms with E-state index in [1.807, 2.05) is 31.3 Å². The predicted octanol–water partition coefficient (Wildman–Crippen LogP) is 4.48. The first kappa shape index (κ1) is 15.0. The van der Waals surface area contributed by atoms with E-state index in [0.717, 1.165) is 22.3 Å². The summed E-state index contributed by atoms with van der Waals surface area (Å²) in [6.07, 6.45) is 1.75. The van der Waals surface area contributed by atoms with Crippen molar-refractivity contribution in [1.82, 2.24) is 10.3 Å². The minimum absolute atomic E-state index is 0.388. The maximum atomic E-state index is 6.04. The number of ether oxygens (including phenoxy) is 1. The smallest absolute Gasteiger partial charge is 0.223 e. The molecule has 1 heterocycles. The number of pyridine rings is 1. The molecule has 2 rings (SSSR count). The highest BCUT2D eigenvalue weighted by Gasteiger charge is 2.12. The first-order valence-corrected chi connectivity index (χ1v) is 7.47. The molecule has 0 aliphatic heterocycles. The lowest BCUT2D eigenvalue weighted by Gasteiger charge is -2.15. The Morgan fingerprint density at radius 2 is 2.10 bits per heavy atom. The summed E-state index contributed by atoms with van der Waals surface area (Å²) in [6, 6.07) is 10.0. The van der Waals surface area contributed by atoms with Crippen molar-refractivity contribution in [3.8, 4) is 11.6 Å². The van der Waals surface area contributed by atoms with Crippen LogP contribution in [0.25, 0.3) is 0 Å². The van der Waals surface area contributed by atoms with Crippen LogP contribution in [0.2, 0.25) is 0 Å². The van der Waals surface area contributed by atoms with Crippen LogP contribution in [-0.2, 0) is 6.54 Å². The Hall–Kier alpha value is -1.39. The van der Waals surface area contributed by atoms with Gasteiger partial charge in [-0.25, -0.2) is 4.98 Å². The van der Waals surface area contributed by atoms with E-state index in [9.17, 15) is 0 Å². The third-order valence-corrected chi connectivity index (χ3v) is 3.51. The average Bonchev–Trinajstić information content (AvgIpc) is 2.43. The van der Waals surface area contributed by atoms with Crippen molar-refractivity contribution in [2.45, 2.75) is 26.3 Å². The number of hydrogen-bond donors (Lipinski definition) is 1. The van der Waals surface area contributed by atoms with Crippen LogP contribution < -0.4 is 10.1 Å². The summed E-state index contributed by atoms with van der Waals surface area (Å²) in [5, 5.41) is 3.13. The Kier molecular flexibility index (Phi) is 5.15. The monoisotopic (exact) mass is 334 g/mol. The second-order valence-electron chi connectivity index (χ2n) is 4.94. The fourth-order valence-corrected chi connectivity index (χ4v) is 2.39. The van der Waals surface area contributed by atoms with Crippen molar-refractivity contribution in [2.75, 3.05) is 7.05 Å². The zero-order valence-electron chi connectivity index (χ0n) is 12.0. The van der Waals surface area contributed by atoms with Crippen molar-refractivity contribution in [3.63, 3.8) is 0 Å². The molecule has 1 aromatic carbocycles. The third kappa shape index (κ3) is 3.58. The zero-order chi connectivity index (χ0) is 14.5. The van der Waals surface area contributed by atoms with E-state index in [1.54, 1.807) is 6.20 Å². The molecular formula is C16H19BrN2O. The lowest BCUT2D eigenvalue weighted by molar-refractivity contribution is 0.446. The molecule has 2 aromatic rings. The summed E-state index contributed by atoms with van der Waals surface area (Å²) in [4.78, 5) is 4.34. The summed E-state index contributed by atoms with van der Waals surface area (Å²) in [5.74, 6) is 1.91. The largest absolute Gasteiger partial charge is 0.438 e. The van der Waals surface area contributed by atoms with E-state index in [4.69, 9.17) is 4.74 Å². The van der Waals surface area contributed by atoms with Crippen LogP contribution in [0.4, 0.5) is 0 Å². The van der Waals surface area contributed by atoms with Gasteiger partial charge in [-0.15, -0.1) is 0 Å². The van der Waals surface area contributed by atoms with E-state index >= 15 is 0 Å². The number of hydrogen-bond acceptors (Lipinski definition) is 3. The topological polar surface area (TPSA) is 34.2 Å². The first-order chi connectivity index (χ1) is 9.61. The molecule has 0 amide bonds. The van der Waals surface area contributed by atoms with Gasteiger partial charge in [0.15, 0.2) is 0 Å². The Labute approximate surface area is 128 Å². The van der Waals surface area contributed by atoms with Gasteiger partial charge in [-0.2, -0.15) is 0 Å². The highest BCUT2D eigenvalue weighted by Crippen LogP contribution is 2.33. The van der Waals surface area contributed by atoms with Crippen LogP contribution in [0.5, 0.6) is 11.6 Å². The van der Waals surface area contributed by atoms with E-state index in [2.05, 4.69) is 46.1 Å². The minimum atomic E-state index is 0.388. The van der Waals surface area contributed by atoms with Crippen molar-refractivity contribution in [1.29, 1.82) is 0 Å². The Morgan fingerprint density at radius 3 is 2.80 bits per heavy atom. The molecule has 0 unspecified atom stereocenters. The molecule has 0 saturated heterocycles. The summed E-state index contributed by atoms with van der Waals surface area (Å²) < 4.78 is 7.10. The minimum Gasteiger partial charge on any atom is -0.438 e. The molecule has 106 valence electrons. The Balaban J connectivity index is 2.35. The number of nitrogens with one attached hydrogen (secondary N) is 1. The van der Waals surface area contributed by atoms with Gasteiger partial charge in [0.25, 0.3) is 0 Å². The highest BCUT2D eigenvalue weighted by atomic mass is 79.9. The van der Waals surface area contributed by atoms with E-state index in [1.165, 1.54) is 5.56 Å². The van der Waals surface area contributed by atoms with Crippen LogP contribution in [0.3, 0.4) is 0 Å². The SMILES string of the molecule is CNCc1cccnc1Oc1ccc(Br)cc1C(C)C. The number of benzene rings is 1. The molecule has 0 saturated carbocycles. The van der Waals surface area contributed by atoms with Gasteiger partial charge in [0, 0.05) is 22.8 Å².